The third kappa shape index (κ3) is 33.3. The van der Waals surface area contributed by atoms with Crippen molar-refractivity contribution in [2.75, 3.05) is 78.9 Å². The molecule has 0 saturated carbocycles. The molecule has 744 valence electrons. The lowest BCUT2D eigenvalue weighted by Crippen LogP contribution is -2.32. The topological polar surface area (TPSA) is 388 Å². The van der Waals surface area contributed by atoms with Gasteiger partial charge in [-0.25, -0.2) is 57.5 Å². The molecule has 30 nitrogen and oxygen atoms in total. The van der Waals surface area contributed by atoms with E-state index in [-0.39, 0.29) is 185 Å². The summed E-state index contributed by atoms with van der Waals surface area (Å²) in [7, 11) is 0. The van der Waals surface area contributed by atoms with Crippen LogP contribution >= 0.6 is 0 Å². The van der Waals surface area contributed by atoms with E-state index in [1.165, 1.54) is 41.5 Å². The number of ether oxygens (including phenoxy) is 12. The molecule has 6 aromatic rings. The predicted octanol–water partition coefficient (Wildman–Crippen LogP) is 18.6. The number of hydrogen-bond donors (Lipinski definition) is 6. The van der Waals surface area contributed by atoms with Crippen molar-refractivity contribution in [3.8, 4) is 34.5 Å². The van der Waals surface area contributed by atoms with Crippen molar-refractivity contribution in [2.24, 2.45) is 0 Å². The van der Waals surface area contributed by atoms with Gasteiger partial charge < -0.3 is 88.7 Å². The standard InChI is InChI=1S/C108H138N6O24/c1-61(2)91(115)127-37-31-109-97(121)133-85-67-43-69-51-80(104(16,17)18)53-71(86(69)134-98(122)110-32-38-128-92(116)62(3)4)45-73-55-82(106(22,23)24)57-75(88(73)136-100(124)112-34-40-130-94(118)64(7)8)47-77-59-84(108(28,29)30)60-78(90(77)138-102(126)114-36-42-132-96(120)66(11)12)48-76-58-83(107(25,26)27)56-74(89(76)137-101(125)113-35-41-131-95(119)65(9)10)46-72-54-81(105(19,20)21)52-70(44-68(85)50-79(49-67)103(13,14)15)87(72)135-99(123)111-33-39-129-93(117)63(5)6/h49-60H,1,3,5,7,9,11,31-48H2,2,4,6,8,10,12-30H3,(H,109,121)(H,110,122)(H,111,123)(H,112,124)(H,113,125)(H,114,126). The highest BCUT2D eigenvalue weighted by atomic mass is 16.6. The molecular formula is C108H138N6O24. The predicted molar refractivity (Wildman–Crippen MR) is 526 cm³/mol. The average Bonchev–Trinajstić information content (AvgIpc) is 0.761. The summed E-state index contributed by atoms with van der Waals surface area (Å²) in [6.07, 6.45) is -7.50. The fraction of sp³-hybridized carbons (Fsp3) is 0.444. The van der Waals surface area contributed by atoms with Crippen LogP contribution in [0.5, 0.6) is 34.5 Å². The van der Waals surface area contributed by atoms with Crippen molar-refractivity contribution in [1.82, 2.24) is 31.9 Å². The molecule has 138 heavy (non-hydrogen) atoms. The summed E-state index contributed by atoms with van der Waals surface area (Å²) in [5.74, 6) is -4.49. The fourth-order valence-corrected chi connectivity index (χ4v) is 14.0. The molecule has 30 heteroatoms. The van der Waals surface area contributed by atoms with Crippen molar-refractivity contribution in [3.63, 3.8) is 0 Å². The number of rotatable bonds is 30. The van der Waals surface area contributed by atoms with Gasteiger partial charge in [-0.3, -0.25) is 0 Å². The van der Waals surface area contributed by atoms with Gasteiger partial charge in [0.05, 0.1) is 39.3 Å². The summed E-state index contributed by atoms with van der Waals surface area (Å²) < 4.78 is 73.2. The largest absolute Gasteiger partial charge is 0.460 e. The highest BCUT2D eigenvalue weighted by Gasteiger charge is 2.35. The van der Waals surface area contributed by atoms with Crippen LogP contribution in [-0.4, -0.2) is 151 Å². The molecule has 0 aliphatic heterocycles. The molecule has 1 aliphatic carbocycles. The van der Waals surface area contributed by atoms with Gasteiger partial charge in [-0.05, 0) is 107 Å². The van der Waals surface area contributed by atoms with Gasteiger partial charge in [0.15, 0.2) is 0 Å². The Hall–Kier alpha value is -13.8. The highest BCUT2D eigenvalue weighted by molar-refractivity contribution is 5.90. The number of carbonyl (C=O) groups is 12. The summed E-state index contributed by atoms with van der Waals surface area (Å²) in [6.45, 7) is 63.4. The maximum atomic E-state index is 15.2. The second-order valence-corrected chi connectivity index (χ2v) is 40.7. The molecule has 0 spiro atoms. The number of hydrogen-bond acceptors (Lipinski definition) is 24. The Labute approximate surface area is 810 Å². The van der Waals surface area contributed by atoms with Crippen LogP contribution in [0.2, 0.25) is 0 Å². The van der Waals surface area contributed by atoms with Gasteiger partial charge in [-0.1, -0.05) is 237 Å². The second kappa shape index (κ2) is 47.8. The lowest BCUT2D eigenvalue weighted by Gasteiger charge is -2.28. The Bertz CT molecular complexity index is 4690. The zero-order valence-corrected chi connectivity index (χ0v) is 84.7. The smallest absolute Gasteiger partial charge is 0.412 e. The van der Waals surface area contributed by atoms with E-state index in [4.69, 9.17) is 56.8 Å². The van der Waals surface area contributed by atoms with Crippen molar-refractivity contribution < 1.29 is 114 Å². The average molecular weight is 1900 g/mol. The quantitative estimate of drug-likeness (QED) is 0.0105. The molecule has 0 fully saturated rings. The van der Waals surface area contributed by atoms with Gasteiger partial charge >= 0.3 is 72.4 Å². The van der Waals surface area contributed by atoms with Gasteiger partial charge in [0, 0.05) is 139 Å². The molecule has 7 rings (SSSR count). The Balaban J connectivity index is 1.82. The van der Waals surface area contributed by atoms with Gasteiger partial charge in [0.25, 0.3) is 0 Å². The van der Waals surface area contributed by atoms with Crippen LogP contribution in [0.15, 0.2) is 146 Å². The van der Waals surface area contributed by atoms with Crippen molar-refractivity contribution in [1.29, 1.82) is 0 Å². The zero-order chi connectivity index (χ0) is 103. The van der Waals surface area contributed by atoms with E-state index in [2.05, 4.69) is 71.4 Å². The molecule has 0 saturated heterocycles. The van der Waals surface area contributed by atoms with Gasteiger partial charge in [-0.15, -0.1) is 0 Å². The molecule has 6 aromatic carbocycles. The van der Waals surface area contributed by atoms with Crippen LogP contribution in [0.25, 0.3) is 0 Å². The minimum Gasteiger partial charge on any atom is -0.460 e. The summed E-state index contributed by atoms with van der Waals surface area (Å²) in [5, 5.41) is 16.5. The lowest BCUT2D eigenvalue weighted by atomic mass is 9.79. The molecule has 6 N–H and O–H groups in total. The number of benzene rings is 6. The maximum Gasteiger partial charge on any atom is 0.412 e. The van der Waals surface area contributed by atoms with E-state index < -0.39 is 105 Å². The minimum absolute atomic E-state index is 0.0382. The van der Waals surface area contributed by atoms with E-state index in [1.54, 1.807) is 0 Å². The summed E-state index contributed by atoms with van der Waals surface area (Å²) >= 11 is 0. The van der Waals surface area contributed by atoms with Crippen molar-refractivity contribution in [2.45, 2.75) is 237 Å². The normalized spacial score (nSPS) is 12.2. The summed E-state index contributed by atoms with van der Waals surface area (Å²) in [6, 6.07) is 22.4. The van der Waals surface area contributed by atoms with Crippen molar-refractivity contribution >= 4 is 72.4 Å². The van der Waals surface area contributed by atoms with E-state index in [0.29, 0.717) is 100 Å². The Kier molecular flexibility index (Phi) is 38.5. The number of fused-ring (bicyclic) bond motifs is 12. The van der Waals surface area contributed by atoms with E-state index in [0.717, 1.165) is 0 Å². The summed E-state index contributed by atoms with van der Waals surface area (Å²) in [5.41, 5.74) is 4.08. The van der Waals surface area contributed by atoms with Crippen LogP contribution in [0, 0.1) is 0 Å². The third-order valence-electron chi connectivity index (χ3n) is 21.8. The van der Waals surface area contributed by atoms with Gasteiger partial charge in [0.1, 0.15) is 74.1 Å². The number of amides is 6. The van der Waals surface area contributed by atoms with Crippen LogP contribution in [-0.2, 0) is 128 Å². The number of esters is 6. The van der Waals surface area contributed by atoms with E-state index >= 15 is 28.8 Å². The SMILES string of the molecule is C=C(C)C(=O)OCCNC(=O)Oc1c2cc(C(C)(C)C)cc1Cc1cc(C(C)(C)C)cc(c1OC(=O)NCCOC(=O)C(=C)C)Cc1cc(C(C)(C)C)cc(c1OC(=O)NCCOC(=O)C(=C)C)Cc1cc(C(C)(C)C)cc(c1OC(=O)NCCOC(=O)C(=C)C)Cc1cc(C(C)(C)C)cc(c1OC(=O)NCCOC(=O)C(=C)C)Cc1cc(C(C)(C)C)cc(c1OC(=O)NCCOC(=O)C(=C)C)C2. The lowest BCUT2D eigenvalue weighted by molar-refractivity contribution is -0.139. The Morgan fingerprint density at radius 3 is 0.399 bits per heavy atom. The summed E-state index contributed by atoms with van der Waals surface area (Å²) in [4.78, 5) is 168. The molecule has 0 unspecified atom stereocenters. The Morgan fingerprint density at radius 2 is 0.312 bits per heavy atom. The third-order valence-corrected chi connectivity index (χ3v) is 21.8. The van der Waals surface area contributed by atoms with Gasteiger partial charge in [-0.2, -0.15) is 0 Å². The van der Waals surface area contributed by atoms with E-state index in [1.807, 2.05) is 197 Å². The molecule has 12 bridgehead atoms. The highest BCUT2D eigenvalue weighted by Crippen LogP contribution is 2.47. The van der Waals surface area contributed by atoms with Crippen LogP contribution < -0.4 is 60.3 Å². The van der Waals surface area contributed by atoms with E-state index in [9.17, 15) is 28.8 Å². The molecule has 0 aromatic heterocycles. The monoisotopic (exact) mass is 1900 g/mol. The molecule has 0 heterocycles. The fourth-order valence-electron chi connectivity index (χ4n) is 14.0. The molecule has 1 aliphatic rings. The molecule has 0 atom stereocenters. The maximum absolute atomic E-state index is 15.2. The number of carbonyl (C=O) groups excluding carboxylic acids is 12. The number of nitrogens with one attached hydrogen (secondary N) is 6. The molecule has 0 radical (unpaired) electrons. The molecule has 6 amide bonds. The van der Waals surface area contributed by atoms with Crippen LogP contribution in [0.1, 0.15) is 266 Å². The van der Waals surface area contributed by atoms with Crippen LogP contribution in [0.4, 0.5) is 28.8 Å². The first kappa shape index (κ1) is 111. The Morgan fingerprint density at radius 1 is 0.210 bits per heavy atom. The van der Waals surface area contributed by atoms with Crippen LogP contribution in [0.3, 0.4) is 0 Å². The minimum atomic E-state index is -1.01. The molecular weight excluding hydrogens is 1770 g/mol. The first-order valence-corrected chi connectivity index (χ1v) is 45.8. The van der Waals surface area contributed by atoms with Crippen molar-refractivity contribution in [3.05, 3.63) is 246 Å². The van der Waals surface area contributed by atoms with Gasteiger partial charge in [0.2, 0.25) is 0 Å². The second-order valence-electron chi connectivity index (χ2n) is 40.7. The first-order valence-electron chi connectivity index (χ1n) is 45.8. The zero-order valence-electron chi connectivity index (χ0n) is 84.7. The first-order chi connectivity index (χ1) is 64.1.